The molecule has 3 nitrogen and oxygen atoms in total. The molecular formula is C12H16BrNO2. The molecule has 0 bridgehead atoms. The number of aromatic hydroxyl groups is 1. The Morgan fingerprint density at radius 3 is 2.69 bits per heavy atom. The molecule has 16 heavy (non-hydrogen) atoms. The molecule has 1 aliphatic heterocycles. The molecule has 0 aromatic heterocycles. The zero-order valence-electron chi connectivity index (χ0n) is 9.04. The molecule has 1 saturated heterocycles. The predicted octanol–water partition coefficient (Wildman–Crippen LogP) is 1.81. The van der Waals surface area contributed by atoms with Gasteiger partial charge in [0.15, 0.2) is 0 Å². The summed E-state index contributed by atoms with van der Waals surface area (Å²) in [6.45, 7) is 1.71. The molecule has 1 aromatic carbocycles. The Hall–Kier alpha value is -0.580. The Bertz CT molecular complexity index is 375. The first-order chi connectivity index (χ1) is 7.61. The molecule has 1 aromatic rings. The average Bonchev–Trinajstić information content (AvgIpc) is 2.26. The first-order valence-corrected chi connectivity index (χ1v) is 6.29. The van der Waals surface area contributed by atoms with Gasteiger partial charge in [0.2, 0.25) is 0 Å². The maximum atomic E-state index is 10.4. The lowest BCUT2D eigenvalue weighted by Gasteiger charge is -2.33. The van der Waals surface area contributed by atoms with Gasteiger partial charge < -0.3 is 15.5 Å². The van der Waals surface area contributed by atoms with Crippen molar-refractivity contribution < 1.29 is 10.2 Å². The van der Waals surface area contributed by atoms with Gasteiger partial charge in [-0.25, -0.2) is 0 Å². The lowest BCUT2D eigenvalue weighted by atomic mass is 9.86. The third-order valence-corrected chi connectivity index (χ3v) is 4.03. The van der Waals surface area contributed by atoms with Crippen molar-refractivity contribution in [1.29, 1.82) is 0 Å². The first-order valence-electron chi connectivity index (χ1n) is 5.50. The van der Waals surface area contributed by atoms with Crippen molar-refractivity contribution in [3.63, 3.8) is 0 Å². The first kappa shape index (κ1) is 11.9. The third kappa shape index (κ3) is 2.56. The summed E-state index contributed by atoms with van der Waals surface area (Å²) in [5.41, 5.74) is 0.325. The van der Waals surface area contributed by atoms with E-state index in [4.69, 9.17) is 0 Å². The number of halogens is 1. The highest BCUT2D eigenvalue weighted by Gasteiger charge is 2.30. The second-order valence-corrected chi connectivity index (χ2v) is 5.19. The number of hydrogen-bond donors (Lipinski definition) is 3. The maximum absolute atomic E-state index is 10.4. The molecule has 0 spiro atoms. The molecule has 1 aliphatic rings. The summed E-state index contributed by atoms with van der Waals surface area (Å²) in [5.74, 6) is 0.232. The SMILES string of the molecule is Oc1cccc(CC2(O)CCNCC2)c1Br. The lowest BCUT2D eigenvalue weighted by Crippen LogP contribution is -2.43. The minimum Gasteiger partial charge on any atom is -0.507 e. The van der Waals surface area contributed by atoms with E-state index >= 15 is 0 Å². The highest BCUT2D eigenvalue weighted by atomic mass is 79.9. The van der Waals surface area contributed by atoms with Gasteiger partial charge >= 0.3 is 0 Å². The Labute approximate surface area is 104 Å². The largest absolute Gasteiger partial charge is 0.507 e. The molecule has 3 N–H and O–H groups in total. The molecule has 2 rings (SSSR count). The van der Waals surface area contributed by atoms with Gasteiger partial charge in [-0.2, -0.15) is 0 Å². The quantitative estimate of drug-likeness (QED) is 0.777. The third-order valence-electron chi connectivity index (χ3n) is 3.11. The molecule has 0 unspecified atom stereocenters. The molecule has 1 heterocycles. The van der Waals surface area contributed by atoms with Crippen molar-refractivity contribution in [2.75, 3.05) is 13.1 Å². The van der Waals surface area contributed by atoms with Gasteiger partial charge in [-0.1, -0.05) is 12.1 Å². The van der Waals surface area contributed by atoms with Gasteiger partial charge in [0.25, 0.3) is 0 Å². The molecule has 4 heteroatoms. The second kappa shape index (κ2) is 4.73. The molecular weight excluding hydrogens is 270 g/mol. The summed E-state index contributed by atoms with van der Waals surface area (Å²) in [7, 11) is 0. The highest BCUT2D eigenvalue weighted by molar-refractivity contribution is 9.10. The number of piperidine rings is 1. The van der Waals surface area contributed by atoms with Crippen molar-refractivity contribution in [1.82, 2.24) is 5.32 Å². The van der Waals surface area contributed by atoms with Crippen LogP contribution in [0.15, 0.2) is 22.7 Å². The maximum Gasteiger partial charge on any atom is 0.130 e. The summed E-state index contributed by atoms with van der Waals surface area (Å²) < 4.78 is 0.696. The van der Waals surface area contributed by atoms with Crippen LogP contribution in [0.4, 0.5) is 0 Å². The molecule has 0 amide bonds. The van der Waals surface area contributed by atoms with Gasteiger partial charge in [0.05, 0.1) is 10.1 Å². The summed E-state index contributed by atoms with van der Waals surface area (Å²) >= 11 is 3.35. The fraction of sp³-hybridized carbons (Fsp3) is 0.500. The van der Waals surface area contributed by atoms with Crippen LogP contribution in [-0.2, 0) is 6.42 Å². The zero-order valence-corrected chi connectivity index (χ0v) is 10.6. The minimum absolute atomic E-state index is 0.232. The van der Waals surface area contributed by atoms with E-state index < -0.39 is 5.60 Å². The van der Waals surface area contributed by atoms with Gasteiger partial charge in [-0.3, -0.25) is 0 Å². The van der Waals surface area contributed by atoms with Gasteiger partial charge in [-0.15, -0.1) is 0 Å². The molecule has 0 aliphatic carbocycles. The topological polar surface area (TPSA) is 52.5 Å². The smallest absolute Gasteiger partial charge is 0.130 e. The van der Waals surface area contributed by atoms with E-state index in [1.807, 2.05) is 6.07 Å². The normalized spacial score (nSPS) is 19.6. The van der Waals surface area contributed by atoms with E-state index in [1.54, 1.807) is 12.1 Å². The van der Waals surface area contributed by atoms with Crippen LogP contribution in [0.25, 0.3) is 0 Å². The van der Waals surface area contributed by atoms with Crippen LogP contribution in [0.5, 0.6) is 5.75 Å². The number of nitrogens with one attached hydrogen (secondary N) is 1. The van der Waals surface area contributed by atoms with Crippen LogP contribution in [0, 0.1) is 0 Å². The highest BCUT2D eigenvalue weighted by Crippen LogP contribution is 2.32. The van der Waals surface area contributed by atoms with Crippen molar-refractivity contribution in [3.05, 3.63) is 28.2 Å². The van der Waals surface area contributed by atoms with E-state index in [2.05, 4.69) is 21.2 Å². The minimum atomic E-state index is -0.637. The average molecular weight is 286 g/mol. The summed E-state index contributed by atoms with van der Waals surface area (Å²) in [5, 5.41) is 23.2. The van der Waals surface area contributed by atoms with Gasteiger partial charge in [-0.05, 0) is 53.5 Å². The zero-order chi connectivity index (χ0) is 11.6. The van der Waals surface area contributed by atoms with Crippen LogP contribution < -0.4 is 5.32 Å². The number of phenolic OH excluding ortho intramolecular Hbond substituents is 1. The molecule has 88 valence electrons. The van der Waals surface area contributed by atoms with Crippen molar-refractivity contribution in [2.24, 2.45) is 0 Å². The second-order valence-electron chi connectivity index (χ2n) is 4.40. The number of benzene rings is 1. The Morgan fingerprint density at radius 2 is 2.00 bits per heavy atom. The number of rotatable bonds is 2. The number of phenols is 1. The Kier molecular flexibility index (Phi) is 3.52. The molecule has 0 atom stereocenters. The Morgan fingerprint density at radius 1 is 1.31 bits per heavy atom. The number of aliphatic hydroxyl groups is 1. The van der Waals surface area contributed by atoms with Crippen LogP contribution >= 0.6 is 15.9 Å². The van der Waals surface area contributed by atoms with Gasteiger partial charge in [0.1, 0.15) is 5.75 Å². The Balaban J connectivity index is 2.16. The monoisotopic (exact) mass is 285 g/mol. The molecule has 0 radical (unpaired) electrons. The number of hydrogen-bond acceptors (Lipinski definition) is 3. The fourth-order valence-electron chi connectivity index (χ4n) is 2.13. The van der Waals surface area contributed by atoms with Crippen LogP contribution in [-0.4, -0.2) is 28.9 Å². The van der Waals surface area contributed by atoms with Crippen LogP contribution in [0.3, 0.4) is 0 Å². The van der Waals surface area contributed by atoms with E-state index in [-0.39, 0.29) is 5.75 Å². The standard InChI is InChI=1S/C12H16BrNO2/c13-11-9(2-1-3-10(11)15)8-12(16)4-6-14-7-5-12/h1-3,14-16H,4-8H2. The summed E-state index contributed by atoms with van der Waals surface area (Å²) in [4.78, 5) is 0. The summed E-state index contributed by atoms with van der Waals surface area (Å²) in [6.07, 6.45) is 2.11. The van der Waals surface area contributed by atoms with E-state index in [0.717, 1.165) is 31.5 Å². The van der Waals surface area contributed by atoms with Gasteiger partial charge in [0, 0.05) is 6.42 Å². The van der Waals surface area contributed by atoms with Crippen molar-refractivity contribution in [3.8, 4) is 5.75 Å². The molecule has 1 fully saturated rings. The van der Waals surface area contributed by atoms with E-state index in [1.165, 1.54) is 0 Å². The van der Waals surface area contributed by atoms with Crippen LogP contribution in [0.1, 0.15) is 18.4 Å². The van der Waals surface area contributed by atoms with Crippen molar-refractivity contribution >= 4 is 15.9 Å². The predicted molar refractivity (Wildman–Crippen MR) is 66.6 cm³/mol. The van der Waals surface area contributed by atoms with Crippen LogP contribution in [0.2, 0.25) is 0 Å². The van der Waals surface area contributed by atoms with E-state index in [9.17, 15) is 10.2 Å². The molecule has 0 saturated carbocycles. The lowest BCUT2D eigenvalue weighted by molar-refractivity contribution is 0.0107. The van der Waals surface area contributed by atoms with E-state index in [0.29, 0.717) is 10.9 Å². The summed E-state index contributed by atoms with van der Waals surface area (Å²) in [6, 6.07) is 5.38. The fourth-order valence-corrected chi connectivity index (χ4v) is 2.53. The van der Waals surface area contributed by atoms with Crippen molar-refractivity contribution in [2.45, 2.75) is 24.9 Å².